The van der Waals surface area contributed by atoms with Gasteiger partial charge in [-0.25, -0.2) is 5.43 Å². The van der Waals surface area contributed by atoms with Crippen molar-refractivity contribution < 1.29 is 28.6 Å². The van der Waals surface area contributed by atoms with E-state index in [1.54, 1.807) is 12.1 Å². The molecule has 11 heteroatoms. The largest absolute Gasteiger partial charge is 0.490 e. The molecule has 0 bridgehead atoms. The van der Waals surface area contributed by atoms with Crippen LogP contribution in [0.5, 0.6) is 11.5 Å². The van der Waals surface area contributed by atoms with Crippen molar-refractivity contribution in [3.63, 3.8) is 0 Å². The van der Waals surface area contributed by atoms with Gasteiger partial charge in [0, 0.05) is 18.8 Å². The number of hydrogen-bond acceptors (Lipinski definition) is 7. The number of nitrogens with zero attached hydrogens (tertiary/aromatic N) is 1. The Balaban J connectivity index is 1.55. The van der Waals surface area contributed by atoms with Crippen molar-refractivity contribution in [2.75, 3.05) is 31.7 Å². The van der Waals surface area contributed by atoms with Gasteiger partial charge in [-0.05, 0) is 77.5 Å². The lowest BCUT2D eigenvalue weighted by atomic mass is 10.1. The van der Waals surface area contributed by atoms with Crippen LogP contribution in [0.3, 0.4) is 0 Å². The smallest absolute Gasteiger partial charge is 0.329 e. The molecule has 1 aliphatic rings. The van der Waals surface area contributed by atoms with Crippen LogP contribution >= 0.6 is 15.9 Å². The van der Waals surface area contributed by atoms with Crippen molar-refractivity contribution in [3.8, 4) is 11.5 Å². The molecule has 0 radical (unpaired) electrons. The zero-order valence-electron chi connectivity index (χ0n) is 20.8. The Morgan fingerprint density at radius 1 is 1.14 bits per heavy atom. The summed E-state index contributed by atoms with van der Waals surface area (Å²) in [5.41, 5.74) is 4.64. The van der Waals surface area contributed by atoms with E-state index in [9.17, 15) is 14.4 Å². The Morgan fingerprint density at radius 3 is 2.59 bits per heavy atom. The molecule has 0 spiro atoms. The number of aryl methyl sites for hydroxylation is 1. The van der Waals surface area contributed by atoms with Crippen LogP contribution in [0.2, 0.25) is 0 Å². The Morgan fingerprint density at radius 2 is 1.92 bits per heavy atom. The monoisotopic (exact) mass is 574 g/mol. The molecule has 1 fully saturated rings. The number of benzene rings is 2. The third kappa shape index (κ3) is 8.87. The van der Waals surface area contributed by atoms with Crippen LogP contribution in [-0.4, -0.2) is 56.4 Å². The predicted molar refractivity (Wildman–Crippen MR) is 143 cm³/mol. The minimum Gasteiger partial charge on any atom is -0.490 e. The first-order chi connectivity index (χ1) is 17.9. The van der Waals surface area contributed by atoms with Crippen LogP contribution in [0.15, 0.2) is 46.0 Å². The average Bonchev–Trinajstić information content (AvgIpc) is 3.41. The van der Waals surface area contributed by atoms with Gasteiger partial charge in [0.1, 0.15) is 0 Å². The van der Waals surface area contributed by atoms with E-state index in [1.165, 1.54) is 11.8 Å². The summed E-state index contributed by atoms with van der Waals surface area (Å²) in [6.07, 6.45) is 4.03. The Bertz CT molecular complexity index is 1120. The van der Waals surface area contributed by atoms with Crippen LogP contribution in [0.4, 0.5) is 5.69 Å². The third-order valence-corrected chi connectivity index (χ3v) is 6.01. The number of rotatable bonds is 11. The summed E-state index contributed by atoms with van der Waals surface area (Å²) in [5.74, 6) is -1.24. The number of amides is 3. The summed E-state index contributed by atoms with van der Waals surface area (Å²) in [6, 6.07) is 10.9. The number of hydrazone groups is 1. The van der Waals surface area contributed by atoms with Gasteiger partial charge in [-0.1, -0.05) is 19.1 Å². The number of halogens is 1. The molecule has 3 N–H and O–H groups in total. The fourth-order valence-corrected chi connectivity index (χ4v) is 4.11. The highest BCUT2D eigenvalue weighted by molar-refractivity contribution is 9.10. The topological polar surface area (TPSA) is 127 Å². The summed E-state index contributed by atoms with van der Waals surface area (Å²) in [4.78, 5) is 36.3. The number of carbonyl (C=O) groups is 3. The molecule has 1 atom stereocenters. The molecular formula is C26H31BrN4O6. The van der Waals surface area contributed by atoms with E-state index in [0.717, 1.165) is 19.3 Å². The van der Waals surface area contributed by atoms with E-state index < -0.39 is 11.8 Å². The Hall–Kier alpha value is -3.44. The standard InChI is InChI=1S/C26H31BrN4O6/c1-3-17-7-9-19(10-8-17)30-23(32)16-37-24-21(27)12-18(13-22(24)35-4-2)14-29-31-26(34)25(33)28-15-20-6-5-11-36-20/h7-10,12-14,20H,3-6,11,15-16H2,1-2H3,(H,28,33)(H,30,32)(H,31,34)/b29-14-/t20-/m1/s1. The molecule has 1 saturated heterocycles. The van der Waals surface area contributed by atoms with Crippen molar-refractivity contribution in [1.29, 1.82) is 0 Å². The molecule has 2 aromatic rings. The van der Waals surface area contributed by atoms with E-state index in [0.29, 0.717) is 40.4 Å². The second-order valence-corrected chi connectivity index (χ2v) is 9.05. The first-order valence-corrected chi connectivity index (χ1v) is 12.9. The van der Waals surface area contributed by atoms with Crippen molar-refractivity contribution in [3.05, 3.63) is 52.0 Å². The number of ether oxygens (including phenoxy) is 3. The summed E-state index contributed by atoms with van der Waals surface area (Å²) in [6.45, 7) is 4.97. The molecule has 1 aliphatic heterocycles. The summed E-state index contributed by atoms with van der Waals surface area (Å²) in [5, 5.41) is 9.18. The molecule has 0 aromatic heterocycles. The van der Waals surface area contributed by atoms with Crippen LogP contribution < -0.4 is 25.5 Å². The van der Waals surface area contributed by atoms with Crippen molar-refractivity contribution in [1.82, 2.24) is 10.7 Å². The number of carbonyl (C=O) groups excluding carboxylic acids is 3. The highest BCUT2D eigenvalue weighted by Gasteiger charge is 2.19. The summed E-state index contributed by atoms with van der Waals surface area (Å²) >= 11 is 3.44. The lowest BCUT2D eigenvalue weighted by molar-refractivity contribution is -0.139. The first-order valence-electron chi connectivity index (χ1n) is 12.1. The number of hydrogen-bond donors (Lipinski definition) is 3. The minimum absolute atomic E-state index is 0.0614. The van der Waals surface area contributed by atoms with Gasteiger partial charge in [0.2, 0.25) is 0 Å². The van der Waals surface area contributed by atoms with Gasteiger partial charge in [-0.3, -0.25) is 14.4 Å². The lowest BCUT2D eigenvalue weighted by Gasteiger charge is -2.14. The van der Waals surface area contributed by atoms with E-state index in [-0.39, 0.29) is 25.2 Å². The van der Waals surface area contributed by atoms with Gasteiger partial charge in [0.05, 0.1) is 23.4 Å². The molecule has 37 heavy (non-hydrogen) atoms. The maximum atomic E-state index is 12.4. The first kappa shape index (κ1) is 28.1. The van der Waals surface area contributed by atoms with Gasteiger partial charge in [-0.2, -0.15) is 5.10 Å². The fourth-order valence-electron chi connectivity index (χ4n) is 3.53. The molecule has 0 aliphatic carbocycles. The van der Waals surface area contributed by atoms with E-state index in [2.05, 4.69) is 44.0 Å². The quantitative estimate of drug-likeness (QED) is 0.215. The van der Waals surface area contributed by atoms with Crippen molar-refractivity contribution in [2.24, 2.45) is 5.10 Å². The molecule has 10 nitrogen and oxygen atoms in total. The Kier molecular flexibility index (Phi) is 10.9. The molecular weight excluding hydrogens is 544 g/mol. The second kappa shape index (κ2) is 14.3. The van der Waals surface area contributed by atoms with E-state index in [1.807, 2.05) is 31.2 Å². The fraction of sp³-hybridized carbons (Fsp3) is 0.385. The second-order valence-electron chi connectivity index (χ2n) is 8.19. The van der Waals surface area contributed by atoms with Crippen LogP contribution in [0.25, 0.3) is 0 Å². The SMILES string of the molecule is CCOc1cc(/C=N\NC(=O)C(=O)NC[C@H]2CCCO2)cc(Br)c1OCC(=O)Nc1ccc(CC)cc1. The molecule has 2 aromatic carbocycles. The van der Waals surface area contributed by atoms with Crippen molar-refractivity contribution in [2.45, 2.75) is 39.2 Å². The molecule has 198 valence electrons. The predicted octanol–water partition coefficient (Wildman–Crippen LogP) is 3.17. The van der Waals surface area contributed by atoms with Gasteiger partial charge in [0.25, 0.3) is 5.91 Å². The molecule has 0 saturated carbocycles. The van der Waals surface area contributed by atoms with Gasteiger partial charge >= 0.3 is 11.8 Å². The highest BCUT2D eigenvalue weighted by atomic mass is 79.9. The zero-order chi connectivity index (χ0) is 26.6. The van der Waals surface area contributed by atoms with Crippen LogP contribution in [-0.2, 0) is 25.5 Å². The minimum atomic E-state index is -0.881. The van der Waals surface area contributed by atoms with Crippen LogP contribution in [0.1, 0.15) is 37.8 Å². The van der Waals surface area contributed by atoms with Crippen molar-refractivity contribution >= 4 is 45.6 Å². The normalized spacial score (nSPS) is 14.8. The van der Waals surface area contributed by atoms with Gasteiger partial charge in [-0.15, -0.1) is 0 Å². The Labute approximate surface area is 224 Å². The molecule has 1 heterocycles. The number of anilines is 1. The lowest BCUT2D eigenvalue weighted by Crippen LogP contribution is -2.41. The molecule has 0 unspecified atom stereocenters. The highest BCUT2D eigenvalue weighted by Crippen LogP contribution is 2.36. The zero-order valence-corrected chi connectivity index (χ0v) is 22.4. The van der Waals surface area contributed by atoms with Gasteiger partial charge in [0.15, 0.2) is 18.1 Å². The van der Waals surface area contributed by atoms with Crippen LogP contribution in [0, 0.1) is 0 Å². The molecule has 3 amide bonds. The van der Waals surface area contributed by atoms with E-state index >= 15 is 0 Å². The summed E-state index contributed by atoms with van der Waals surface area (Å²) < 4.78 is 17.3. The summed E-state index contributed by atoms with van der Waals surface area (Å²) in [7, 11) is 0. The maximum absolute atomic E-state index is 12.4. The van der Waals surface area contributed by atoms with Gasteiger partial charge < -0.3 is 24.8 Å². The third-order valence-electron chi connectivity index (χ3n) is 5.43. The molecule has 3 rings (SSSR count). The number of nitrogens with one attached hydrogen (secondary N) is 3. The maximum Gasteiger partial charge on any atom is 0.329 e. The average molecular weight is 575 g/mol. The van der Waals surface area contributed by atoms with E-state index in [4.69, 9.17) is 14.2 Å².